The van der Waals surface area contributed by atoms with Gasteiger partial charge in [-0.25, -0.2) is 10.4 Å². The highest BCUT2D eigenvalue weighted by Gasteiger charge is 2.01. The topological polar surface area (TPSA) is 68.2 Å². The van der Waals surface area contributed by atoms with Gasteiger partial charge < -0.3 is 0 Å². The van der Waals surface area contributed by atoms with Crippen LogP contribution in [0.15, 0.2) is 18.2 Å². The van der Waals surface area contributed by atoms with Crippen molar-refractivity contribution >= 4 is 11.6 Å². The second kappa shape index (κ2) is 2.46. The molecule has 2 rings (SSSR count). The number of hydrazine groups is 1. The van der Waals surface area contributed by atoms with E-state index in [1.807, 2.05) is 25.1 Å². The second-order valence-electron chi connectivity index (χ2n) is 2.52. The van der Waals surface area contributed by atoms with Gasteiger partial charge in [-0.15, -0.1) is 5.10 Å². The van der Waals surface area contributed by atoms with E-state index in [0.29, 0.717) is 5.95 Å². The van der Waals surface area contributed by atoms with Crippen LogP contribution in [-0.2, 0) is 0 Å². The van der Waals surface area contributed by atoms with Crippen LogP contribution in [0.5, 0.6) is 0 Å². The highest BCUT2D eigenvalue weighted by Crippen LogP contribution is 2.06. The maximum absolute atomic E-state index is 5.18. The van der Waals surface area contributed by atoms with Crippen molar-refractivity contribution in [1.29, 1.82) is 0 Å². The van der Waals surface area contributed by atoms with Gasteiger partial charge in [-0.2, -0.15) is 4.98 Å². The minimum atomic E-state index is 0.435. The van der Waals surface area contributed by atoms with E-state index >= 15 is 0 Å². The van der Waals surface area contributed by atoms with Gasteiger partial charge in [0, 0.05) is 5.69 Å². The van der Waals surface area contributed by atoms with Crippen molar-refractivity contribution in [3.63, 3.8) is 0 Å². The Bertz CT molecular complexity index is 405. The number of fused-ring (bicyclic) bond motifs is 1. The van der Waals surface area contributed by atoms with E-state index in [-0.39, 0.29) is 0 Å². The molecule has 0 saturated carbocycles. The molecule has 0 aliphatic carbocycles. The average Bonchev–Trinajstić information content (AvgIpc) is 2.49. The molecule has 3 N–H and O–H groups in total. The monoisotopic (exact) mass is 163 g/mol. The van der Waals surface area contributed by atoms with Gasteiger partial charge in [0.1, 0.15) is 0 Å². The average molecular weight is 163 g/mol. The van der Waals surface area contributed by atoms with Gasteiger partial charge in [0.25, 0.3) is 5.95 Å². The minimum absolute atomic E-state index is 0.435. The van der Waals surface area contributed by atoms with Crippen LogP contribution in [0.4, 0.5) is 5.95 Å². The van der Waals surface area contributed by atoms with Crippen LogP contribution in [0.25, 0.3) is 5.65 Å². The standard InChI is InChI=1S/C7H9N5/c1-5-3-2-4-6-9-7(10-8)11-12(5)6/h2-4H,8H2,1H3,(H,10,11). The fourth-order valence-electron chi connectivity index (χ4n) is 1.10. The molecule has 12 heavy (non-hydrogen) atoms. The van der Waals surface area contributed by atoms with E-state index in [2.05, 4.69) is 15.5 Å². The van der Waals surface area contributed by atoms with Gasteiger partial charge in [0.05, 0.1) is 0 Å². The maximum atomic E-state index is 5.18. The first-order chi connectivity index (χ1) is 5.81. The number of hydrogen-bond donors (Lipinski definition) is 2. The van der Waals surface area contributed by atoms with Crippen molar-refractivity contribution in [3.05, 3.63) is 23.9 Å². The first-order valence-electron chi connectivity index (χ1n) is 3.60. The third-order valence-electron chi connectivity index (χ3n) is 1.68. The smallest absolute Gasteiger partial charge is 0.257 e. The lowest BCUT2D eigenvalue weighted by Crippen LogP contribution is -2.08. The van der Waals surface area contributed by atoms with Crippen molar-refractivity contribution in [3.8, 4) is 0 Å². The summed E-state index contributed by atoms with van der Waals surface area (Å²) in [5, 5.41) is 4.10. The van der Waals surface area contributed by atoms with Crippen LogP contribution in [0.2, 0.25) is 0 Å². The quantitative estimate of drug-likeness (QED) is 0.469. The van der Waals surface area contributed by atoms with Crippen LogP contribution in [0, 0.1) is 6.92 Å². The van der Waals surface area contributed by atoms with Gasteiger partial charge >= 0.3 is 0 Å². The summed E-state index contributed by atoms with van der Waals surface area (Å²) >= 11 is 0. The molecule has 62 valence electrons. The lowest BCUT2D eigenvalue weighted by Gasteiger charge is -1.93. The Kier molecular flexibility index (Phi) is 1.44. The van der Waals surface area contributed by atoms with Crippen LogP contribution >= 0.6 is 0 Å². The third-order valence-corrected chi connectivity index (χ3v) is 1.68. The summed E-state index contributed by atoms with van der Waals surface area (Å²) < 4.78 is 1.73. The Morgan fingerprint density at radius 3 is 3.00 bits per heavy atom. The van der Waals surface area contributed by atoms with Gasteiger partial charge in [-0.05, 0) is 19.1 Å². The molecule has 0 bridgehead atoms. The summed E-state index contributed by atoms with van der Waals surface area (Å²) in [6, 6.07) is 5.77. The Labute approximate surface area is 69.2 Å². The molecule has 0 spiro atoms. The van der Waals surface area contributed by atoms with Crippen molar-refractivity contribution in [2.45, 2.75) is 6.92 Å². The molecule has 2 aromatic rings. The fourth-order valence-corrected chi connectivity index (χ4v) is 1.10. The highest BCUT2D eigenvalue weighted by molar-refractivity contribution is 5.43. The van der Waals surface area contributed by atoms with Gasteiger partial charge in [0.2, 0.25) is 0 Å². The molecule has 0 fully saturated rings. The number of nitrogens with two attached hydrogens (primary N) is 1. The van der Waals surface area contributed by atoms with E-state index < -0.39 is 0 Å². The first kappa shape index (κ1) is 7.05. The Morgan fingerprint density at radius 2 is 2.33 bits per heavy atom. The molecule has 5 nitrogen and oxygen atoms in total. The van der Waals surface area contributed by atoms with Crippen molar-refractivity contribution < 1.29 is 0 Å². The molecule has 0 saturated heterocycles. The van der Waals surface area contributed by atoms with Crippen LogP contribution in [0.3, 0.4) is 0 Å². The number of rotatable bonds is 1. The predicted octanol–water partition coefficient (Wildman–Crippen LogP) is 0.323. The van der Waals surface area contributed by atoms with Crippen molar-refractivity contribution in [1.82, 2.24) is 14.6 Å². The van der Waals surface area contributed by atoms with E-state index in [4.69, 9.17) is 5.84 Å². The summed E-state index contributed by atoms with van der Waals surface area (Å²) in [5.41, 5.74) is 4.22. The number of aromatic nitrogens is 3. The zero-order chi connectivity index (χ0) is 8.55. The normalized spacial score (nSPS) is 10.5. The molecule has 5 heteroatoms. The Hall–Kier alpha value is -1.62. The van der Waals surface area contributed by atoms with Crippen molar-refractivity contribution in [2.75, 3.05) is 5.43 Å². The predicted molar refractivity (Wildman–Crippen MR) is 45.5 cm³/mol. The minimum Gasteiger partial charge on any atom is -0.291 e. The molecule has 0 amide bonds. The van der Waals surface area contributed by atoms with Crippen molar-refractivity contribution in [2.24, 2.45) is 5.84 Å². The SMILES string of the molecule is Cc1cccc2nc(NN)nn12. The lowest BCUT2D eigenvalue weighted by molar-refractivity contribution is 0.914. The number of anilines is 1. The molecule has 0 radical (unpaired) electrons. The molecule has 2 heterocycles. The summed E-state index contributed by atoms with van der Waals surface area (Å²) in [4.78, 5) is 4.11. The fraction of sp³-hybridized carbons (Fsp3) is 0.143. The van der Waals surface area contributed by atoms with E-state index in [1.54, 1.807) is 4.52 Å². The van der Waals surface area contributed by atoms with Gasteiger partial charge in [-0.3, -0.25) is 5.43 Å². The number of nitrogens with one attached hydrogen (secondary N) is 1. The second-order valence-corrected chi connectivity index (χ2v) is 2.52. The summed E-state index contributed by atoms with van der Waals surface area (Å²) in [6.45, 7) is 1.96. The van der Waals surface area contributed by atoms with Gasteiger partial charge in [-0.1, -0.05) is 6.07 Å². The highest BCUT2D eigenvalue weighted by atomic mass is 15.4. The van der Waals surface area contributed by atoms with E-state index in [0.717, 1.165) is 11.3 Å². The van der Waals surface area contributed by atoms with Crippen LogP contribution in [-0.4, -0.2) is 14.6 Å². The Morgan fingerprint density at radius 1 is 1.50 bits per heavy atom. The molecule has 0 aromatic carbocycles. The summed E-state index contributed by atoms with van der Waals surface area (Å²) in [5.74, 6) is 5.61. The summed E-state index contributed by atoms with van der Waals surface area (Å²) in [7, 11) is 0. The first-order valence-corrected chi connectivity index (χ1v) is 3.60. The number of pyridine rings is 1. The summed E-state index contributed by atoms with van der Waals surface area (Å²) in [6.07, 6.45) is 0. The largest absolute Gasteiger partial charge is 0.291 e. The molecular formula is C7H9N5. The lowest BCUT2D eigenvalue weighted by atomic mass is 10.4. The zero-order valence-electron chi connectivity index (χ0n) is 6.65. The van der Waals surface area contributed by atoms with Crippen LogP contribution in [0.1, 0.15) is 5.69 Å². The number of aryl methyl sites for hydroxylation is 1. The number of hydrogen-bond acceptors (Lipinski definition) is 4. The maximum Gasteiger partial charge on any atom is 0.257 e. The number of nitrogens with zero attached hydrogens (tertiary/aromatic N) is 3. The van der Waals surface area contributed by atoms with Crippen LogP contribution < -0.4 is 11.3 Å². The number of nitrogen functional groups attached to an aromatic ring is 1. The zero-order valence-corrected chi connectivity index (χ0v) is 6.65. The molecule has 2 aromatic heterocycles. The Balaban J connectivity index is 2.74. The molecule has 0 unspecified atom stereocenters. The molecule has 0 aliphatic rings. The molecular weight excluding hydrogens is 154 g/mol. The third kappa shape index (κ3) is 0.911. The van der Waals surface area contributed by atoms with E-state index in [1.165, 1.54) is 0 Å². The van der Waals surface area contributed by atoms with Gasteiger partial charge in [0.15, 0.2) is 5.65 Å². The van der Waals surface area contributed by atoms with E-state index in [9.17, 15) is 0 Å². The molecule has 0 atom stereocenters. The molecule has 0 aliphatic heterocycles.